The zero-order valence-corrected chi connectivity index (χ0v) is 8.98. The van der Waals surface area contributed by atoms with Gasteiger partial charge in [0.15, 0.2) is 0 Å². The van der Waals surface area contributed by atoms with Crippen LogP contribution in [0.3, 0.4) is 0 Å². The van der Waals surface area contributed by atoms with Crippen molar-refractivity contribution in [3.05, 3.63) is 23.3 Å². The van der Waals surface area contributed by atoms with Gasteiger partial charge in [-0.3, -0.25) is 4.79 Å². The van der Waals surface area contributed by atoms with Crippen LogP contribution in [0, 0.1) is 13.8 Å². The van der Waals surface area contributed by atoms with Crippen LogP contribution in [-0.4, -0.2) is 11.8 Å². The Kier molecular flexibility index (Phi) is 3.36. The maximum Gasteiger partial charge on any atom is 0.239 e. The molecule has 76 valence electrons. The number of nitrogens with one attached hydrogen (secondary N) is 1. The number of carbonyl (C=O) groups is 1. The van der Waals surface area contributed by atoms with E-state index in [1.54, 1.807) is 0 Å². The van der Waals surface area contributed by atoms with Gasteiger partial charge in [-0.15, -0.1) is 11.6 Å². The Bertz CT molecular complexity index is 363. The summed E-state index contributed by atoms with van der Waals surface area (Å²) in [6.07, 6.45) is 0. The third kappa shape index (κ3) is 2.39. The van der Waals surface area contributed by atoms with E-state index in [4.69, 9.17) is 17.3 Å². The van der Waals surface area contributed by atoms with E-state index in [2.05, 4.69) is 5.32 Å². The van der Waals surface area contributed by atoms with Crippen LogP contribution in [0.1, 0.15) is 11.1 Å². The van der Waals surface area contributed by atoms with Gasteiger partial charge in [0.1, 0.15) is 5.88 Å². The summed E-state index contributed by atoms with van der Waals surface area (Å²) < 4.78 is 0. The summed E-state index contributed by atoms with van der Waals surface area (Å²) in [4.78, 5) is 11.1. The van der Waals surface area contributed by atoms with E-state index < -0.39 is 0 Å². The van der Waals surface area contributed by atoms with Gasteiger partial charge in [0, 0.05) is 11.4 Å². The Morgan fingerprint density at radius 3 is 2.64 bits per heavy atom. The number of carbonyl (C=O) groups excluding carboxylic acids is 1. The molecule has 1 aromatic carbocycles. The second-order valence-corrected chi connectivity index (χ2v) is 3.47. The Morgan fingerprint density at radius 2 is 2.07 bits per heavy atom. The third-order valence-electron chi connectivity index (χ3n) is 2.01. The summed E-state index contributed by atoms with van der Waals surface area (Å²) in [6, 6.07) is 3.67. The van der Waals surface area contributed by atoms with Crippen molar-refractivity contribution in [1.82, 2.24) is 0 Å². The molecule has 0 bridgehead atoms. The number of benzene rings is 1. The summed E-state index contributed by atoms with van der Waals surface area (Å²) in [5.74, 6) is -0.248. The molecule has 0 unspecified atom stereocenters. The molecule has 0 aliphatic heterocycles. The number of hydrogen-bond acceptors (Lipinski definition) is 2. The molecule has 1 amide bonds. The van der Waals surface area contributed by atoms with Gasteiger partial charge in [0.05, 0.1) is 0 Å². The molecule has 4 heteroatoms. The minimum Gasteiger partial charge on any atom is -0.399 e. The Morgan fingerprint density at radius 1 is 1.43 bits per heavy atom. The van der Waals surface area contributed by atoms with Crippen molar-refractivity contribution < 1.29 is 4.79 Å². The Balaban J connectivity index is 2.98. The van der Waals surface area contributed by atoms with Gasteiger partial charge in [-0.05, 0) is 37.1 Å². The van der Waals surface area contributed by atoms with Gasteiger partial charge in [0.25, 0.3) is 0 Å². The van der Waals surface area contributed by atoms with Crippen LogP contribution in [0.25, 0.3) is 0 Å². The molecule has 0 spiro atoms. The molecule has 1 rings (SSSR count). The van der Waals surface area contributed by atoms with Crippen molar-refractivity contribution in [1.29, 1.82) is 0 Å². The summed E-state index contributed by atoms with van der Waals surface area (Å²) in [5.41, 5.74) is 9.09. The molecular formula is C10H13ClN2O. The predicted molar refractivity (Wildman–Crippen MR) is 59.7 cm³/mol. The number of nitrogen functional groups attached to an aromatic ring is 1. The molecule has 3 nitrogen and oxygen atoms in total. The summed E-state index contributed by atoms with van der Waals surface area (Å²) in [7, 11) is 0. The molecule has 14 heavy (non-hydrogen) atoms. The van der Waals surface area contributed by atoms with Crippen LogP contribution in [-0.2, 0) is 4.79 Å². The molecular weight excluding hydrogens is 200 g/mol. The number of halogens is 1. The zero-order valence-electron chi connectivity index (χ0n) is 8.23. The number of aryl methyl sites for hydroxylation is 2. The second-order valence-electron chi connectivity index (χ2n) is 3.21. The van der Waals surface area contributed by atoms with Gasteiger partial charge >= 0.3 is 0 Å². The Hall–Kier alpha value is -1.22. The number of amides is 1. The highest BCUT2D eigenvalue weighted by Crippen LogP contribution is 2.21. The smallest absolute Gasteiger partial charge is 0.239 e. The van der Waals surface area contributed by atoms with Crippen molar-refractivity contribution in [3.8, 4) is 0 Å². The fraction of sp³-hybridized carbons (Fsp3) is 0.300. The van der Waals surface area contributed by atoms with E-state index in [0.717, 1.165) is 22.5 Å². The van der Waals surface area contributed by atoms with Crippen LogP contribution >= 0.6 is 11.6 Å². The van der Waals surface area contributed by atoms with E-state index in [-0.39, 0.29) is 11.8 Å². The topological polar surface area (TPSA) is 55.1 Å². The fourth-order valence-electron chi connectivity index (χ4n) is 1.16. The number of hydrogen-bond donors (Lipinski definition) is 2. The normalized spacial score (nSPS) is 9.93. The first-order valence-electron chi connectivity index (χ1n) is 4.27. The van der Waals surface area contributed by atoms with Crippen LogP contribution in [0.2, 0.25) is 0 Å². The lowest BCUT2D eigenvalue weighted by Crippen LogP contribution is -2.13. The molecule has 0 atom stereocenters. The Labute approximate surface area is 88.2 Å². The van der Waals surface area contributed by atoms with E-state index in [9.17, 15) is 4.79 Å². The predicted octanol–water partition coefficient (Wildman–Crippen LogP) is 2.06. The standard InChI is InChI=1S/C10H13ClN2O/c1-6-4-9(13-10(14)5-11)7(2)3-8(6)12/h3-4H,5,12H2,1-2H3,(H,13,14). The first-order valence-corrected chi connectivity index (χ1v) is 4.80. The fourth-order valence-corrected chi connectivity index (χ4v) is 1.22. The summed E-state index contributed by atoms with van der Waals surface area (Å²) in [6.45, 7) is 3.78. The lowest BCUT2D eigenvalue weighted by molar-refractivity contribution is -0.113. The van der Waals surface area contributed by atoms with E-state index in [1.165, 1.54) is 0 Å². The molecule has 0 aliphatic carbocycles. The first kappa shape index (κ1) is 10.9. The van der Waals surface area contributed by atoms with E-state index >= 15 is 0 Å². The van der Waals surface area contributed by atoms with Gasteiger partial charge < -0.3 is 11.1 Å². The molecule has 0 aromatic heterocycles. The highest BCUT2D eigenvalue weighted by atomic mass is 35.5. The minimum absolute atomic E-state index is 0.0388. The highest BCUT2D eigenvalue weighted by molar-refractivity contribution is 6.29. The van der Waals surface area contributed by atoms with Gasteiger partial charge in [-0.25, -0.2) is 0 Å². The van der Waals surface area contributed by atoms with Crippen LogP contribution in [0.4, 0.5) is 11.4 Å². The summed E-state index contributed by atoms with van der Waals surface area (Å²) in [5, 5.41) is 2.70. The molecule has 0 radical (unpaired) electrons. The number of rotatable bonds is 2. The third-order valence-corrected chi connectivity index (χ3v) is 2.25. The monoisotopic (exact) mass is 212 g/mol. The van der Waals surface area contributed by atoms with Gasteiger partial charge in [0.2, 0.25) is 5.91 Å². The van der Waals surface area contributed by atoms with Gasteiger partial charge in [-0.2, -0.15) is 0 Å². The molecule has 1 aromatic rings. The van der Waals surface area contributed by atoms with Gasteiger partial charge in [-0.1, -0.05) is 0 Å². The maximum absolute atomic E-state index is 11.1. The van der Waals surface area contributed by atoms with Crippen molar-refractivity contribution in [2.24, 2.45) is 0 Å². The van der Waals surface area contributed by atoms with Crippen molar-refractivity contribution in [2.45, 2.75) is 13.8 Å². The van der Waals surface area contributed by atoms with Crippen LogP contribution < -0.4 is 11.1 Å². The number of anilines is 2. The average Bonchev–Trinajstić information content (AvgIpc) is 2.14. The summed E-state index contributed by atoms with van der Waals surface area (Å²) >= 11 is 5.39. The lowest BCUT2D eigenvalue weighted by atomic mass is 10.1. The quantitative estimate of drug-likeness (QED) is 0.583. The average molecular weight is 213 g/mol. The molecule has 0 saturated carbocycles. The van der Waals surface area contributed by atoms with Crippen molar-refractivity contribution >= 4 is 28.9 Å². The number of nitrogens with two attached hydrogens (primary N) is 1. The molecule has 0 fully saturated rings. The van der Waals surface area contributed by atoms with E-state index in [1.807, 2.05) is 26.0 Å². The van der Waals surface area contributed by atoms with Crippen molar-refractivity contribution in [2.75, 3.05) is 16.9 Å². The van der Waals surface area contributed by atoms with E-state index in [0.29, 0.717) is 0 Å². The lowest BCUT2D eigenvalue weighted by Gasteiger charge is -2.09. The molecule has 0 aliphatic rings. The maximum atomic E-state index is 11.1. The minimum atomic E-state index is -0.209. The second kappa shape index (κ2) is 4.33. The van der Waals surface area contributed by atoms with Crippen LogP contribution in [0.5, 0.6) is 0 Å². The molecule has 0 heterocycles. The SMILES string of the molecule is Cc1cc(NC(=O)CCl)c(C)cc1N. The van der Waals surface area contributed by atoms with Crippen molar-refractivity contribution in [3.63, 3.8) is 0 Å². The first-order chi connectivity index (χ1) is 6.54. The van der Waals surface area contributed by atoms with Crippen LogP contribution in [0.15, 0.2) is 12.1 Å². The number of alkyl halides is 1. The largest absolute Gasteiger partial charge is 0.399 e. The molecule has 0 saturated heterocycles. The zero-order chi connectivity index (χ0) is 10.7. The highest BCUT2D eigenvalue weighted by Gasteiger charge is 2.05. The molecule has 3 N–H and O–H groups in total.